The van der Waals surface area contributed by atoms with Gasteiger partial charge in [0.05, 0.1) is 0 Å². The quantitative estimate of drug-likeness (QED) is 0.764. The zero-order chi connectivity index (χ0) is 12.5. The lowest BCUT2D eigenvalue weighted by Gasteiger charge is -2.18. The molecule has 18 heavy (non-hydrogen) atoms. The predicted molar refractivity (Wildman–Crippen MR) is 68.9 cm³/mol. The summed E-state index contributed by atoms with van der Waals surface area (Å²) in [5, 5.41) is 0. The summed E-state index contributed by atoms with van der Waals surface area (Å²) in [6.07, 6.45) is 1.83. The number of hydrogen-bond donors (Lipinski definition) is 0. The fraction of sp³-hybridized carbons (Fsp3) is 0.400. The molecular weight excluding hydrogens is 226 g/mol. The van der Waals surface area contributed by atoms with E-state index < -0.39 is 0 Å². The molecule has 2 unspecified atom stereocenters. The molecule has 0 spiro atoms. The lowest BCUT2D eigenvalue weighted by molar-refractivity contribution is 0.0994. The molecule has 1 saturated heterocycles. The number of amides is 1. The summed E-state index contributed by atoms with van der Waals surface area (Å²) in [5.41, 5.74) is 1.03. The molecular formula is C15H17NO2. The second kappa shape index (κ2) is 4.48. The maximum absolute atomic E-state index is 11.9. The summed E-state index contributed by atoms with van der Waals surface area (Å²) in [5.74, 6) is 1.89. The predicted octanol–water partition coefficient (Wildman–Crippen LogP) is 2.69. The first-order valence-corrected chi connectivity index (χ1v) is 6.38. The summed E-state index contributed by atoms with van der Waals surface area (Å²) in [6, 6.07) is 9.77. The van der Waals surface area contributed by atoms with Crippen molar-refractivity contribution >= 4 is 6.09 Å². The molecule has 2 aliphatic rings. The van der Waals surface area contributed by atoms with Gasteiger partial charge in [-0.1, -0.05) is 36.4 Å². The van der Waals surface area contributed by atoms with Crippen molar-refractivity contribution in [3.63, 3.8) is 0 Å². The van der Waals surface area contributed by atoms with Crippen LogP contribution in [0, 0.1) is 17.8 Å². The molecule has 0 bridgehead atoms. The summed E-state index contributed by atoms with van der Waals surface area (Å²) in [4.78, 5) is 13.7. The molecule has 1 amide bonds. The fourth-order valence-electron chi connectivity index (χ4n) is 2.88. The first kappa shape index (κ1) is 11.3. The Morgan fingerprint density at radius 3 is 2.61 bits per heavy atom. The maximum Gasteiger partial charge on any atom is 0.410 e. The lowest BCUT2D eigenvalue weighted by Crippen LogP contribution is -2.31. The third kappa shape index (κ3) is 2.01. The minimum Gasteiger partial charge on any atom is -0.445 e. The molecule has 1 aliphatic carbocycles. The van der Waals surface area contributed by atoms with Gasteiger partial charge in [0, 0.05) is 13.1 Å². The van der Waals surface area contributed by atoms with Crippen molar-refractivity contribution in [1.82, 2.24) is 4.90 Å². The van der Waals surface area contributed by atoms with Crippen LogP contribution in [0.25, 0.3) is 0 Å². The third-order valence-electron chi connectivity index (χ3n) is 4.00. The van der Waals surface area contributed by atoms with Gasteiger partial charge in [0.15, 0.2) is 0 Å². The highest BCUT2D eigenvalue weighted by atomic mass is 16.6. The number of likely N-dealkylation sites (tertiary alicyclic amines) is 1. The van der Waals surface area contributed by atoms with Gasteiger partial charge < -0.3 is 9.64 Å². The molecule has 0 radical (unpaired) electrons. The maximum atomic E-state index is 11.9. The van der Waals surface area contributed by atoms with Gasteiger partial charge in [0.1, 0.15) is 6.61 Å². The normalized spacial score (nSPS) is 28.7. The Bertz CT molecular complexity index is 445. The van der Waals surface area contributed by atoms with Crippen LogP contribution in [0.4, 0.5) is 4.79 Å². The van der Waals surface area contributed by atoms with Crippen molar-refractivity contribution in [1.29, 1.82) is 0 Å². The molecule has 94 valence electrons. The number of allylic oxidation sites excluding steroid dienone is 1. The lowest BCUT2D eigenvalue weighted by atomic mass is 10.2. The molecule has 1 saturated carbocycles. The number of piperidine rings is 1. The van der Waals surface area contributed by atoms with Crippen molar-refractivity contribution in [2.24, 2.45) is 17.8 Å². The Kier molecular flexibility index (Phi) is 2.82. The highest BCUT2D eigenvalue weighted by Crippen LogP contribution is 2.52. The second-order valence-corrected chi connectivity index (χ2v) is 5.09. The van der Waals surface area contributed by atoms with Gasteiger partial charge >= 0.3 is 6.09 Å². The van der Waals surface area contributed by atoms with Crippen LogP contribution in [-0.4, -0.2) is 24.1 Å². The highest BCUT2D eigenvalue weighted by molar-refractivity contribution is 5.68. The molecule has 1 aromatic carbocycles. The number of nitrogens with zero attached hydrogens (tertiary/aromatic N) is 1. The van der Waals surface area contributed by atoms with E-state index in [1.807, 2.05) is 41.3 Å². The molecule has 3 rings (SSSR count). The number of rotatable bonds is 3. The molecule has 3 nitrogen and oxygen atoms in total. The smallest absolute Gasteiger partial charge is 0.410 e. The minimum absolute atomic E-state index is 0.186. The molecule has 0 N–H and O–H groups in total. The summed E-state index contributed by atoms with van der Waals surface area (Å²) < 4.78 is 5.31. The van der Waals surface area contributed by atoms with Gasteiger partial charge in [-0.15, -0.1) is 6.58 Å². The van der Waals surface area contributed by atoms with Gasteiger partial charge in [-0.3, -0.25) is 0 Å². The van der Waals surface area contributed by atoms with Crippen LogP contribution in [0.2, 0.25) is 0 Å². The number of carbonyl (C=O) groups excluding carboxylic acids is 1. The van der Waals surface area contributed by atoms with E-state index in [9.17, 15) is 4.79 Å². The molecule has 1 aromatic rings. The second-order valence-electron chi connectivity index (χ2n) is 5.09. The number of fused-ring (bicyclic) bond motifs is 1. The molecule has 3 heteroatoms. The van der Waals surface area contributed by atoms with Gasteiger partial charge in [-0.05, 0) is 23.3 Å². The van der Waals surface area contributed by atoms with E-state index in [2.05, 4.69) is 6.58 Å². The number of ether oxygens (including phenoxy) is 1. The Morgan fingerprint density at radius 1 is 1.33 bits per heavy atom. The Hall–Kier alpha value is -1.77. The summed E-state index contributed by atoms with van der Waals surface area (Å²) >= 11 is 0. The van der Waals surface area contributed by atoms with E-state index in [0.717, 1.165) is 18.7 Å². The van der Waals surface area contributed by atoms with Gasteiger partial charge in [-0.25, -0.2) is 4.79 Å². The third-order valence-corrected chi connectivity index (χ3v) is 4.00. The molecule has 2 fully saturated rings. The minimum atomic E-state index is -0.186. The van der Waals surface area contributed by atoms with Crippen LogP contribution in [-0.2, 0) is 11.3 Å². The standard InChI is InChI=1S/C15H17NO2/c1-2-12-13-8-16(9-14(12)13)15(17)18-10-11-6-4-3-5-7-11/h2-7,12-14H,1,8-10H2. The van der Waals surface area contributed by atoms with E-state index in [-0.39, 0.29) is 6.09 Å². The number of hydrogen-bond acceptors (Lipinski definition) is 2. The van der Waals surface area contributed by atoms with Gasteiger partial charge in [0.2, 0.25) is 0 Å². The van der Waals surface area contributed by atoms with Crippen LogP contribution in [0.5, 0.6) is 0 Å². The molecule has 2 atom stereocenters. The molecule has 1 aliphatic heterocycles. The van der Waals surface area contributed by atoms with Gasteiger partial charge in [-0.2, -0.15) is 0 Å². The molecule has 1 heterocycles. The topological polar surface area (TPSA) is 29.5 Å². The first-order chi connectivity index (χ1) is 8.79. The van der Waals surface area contributed by atoms with Crippen molar-refractivity contribution in [3.8, 4) is 0 Å². The van der Waals surface area contributed by atoms with E-state index >= 15 is 0 Å². The van der Waals surface area contributed by atoms with Crippen molar-refractivity contribution in [2.75, 3.05) is 13.1 Å². The van der Waals surface area contributed by atoms with Gasteiger partial charge in [0.25, 0.3) is 0 Å². The largest absolute Gasteiger partial charge is 0.445 e. The van der Waals surface area contributed by atoms with E-state index in [4.69, 9.17) is 4.74 Å². The Morgan fingerprint density at radius 2 is 2.00 bits per heavy atom. The average molecular weight is 243 g/mol. The van der Waals surface area contributed by atoms with E-state index in [1.165, 1.54) is 0 Å². The van der Waals surface area contributed by atoms with Crippen molar-refractivity contribution in [2.45, 2.75) is 6.61 Å². The van der Waals surface area contributed by atoms with Crippen LogP contribution < -0.4 is 0 Å². The van der Waals surface area contributed by atoms with Crippen LogP contribution in [0.15, 0.2) is 43.0 Å². The zero-order valence-corrected chi connectivity index (χ0v) is 10.3. The SMILES string of the molecule is C=CC1C2CN(C(=O)OCc3ccccc3)CC12. The summed E-state index contributed by atoms with van der Waals surface area (Å²) in [7, 11) is 0. The monoisotopic (exact) mass is 243 g/mol. The Balaban J connectivity index is 1.48. The van der Waals surface area contributed by atoms with Crippen LogP contribution in [0.3, 0.4) is 0 Å². The van der Waals surface area contributed by atoms with Crippen LogP contribution >= 0.6 is 0 Å². The number of carbonyl (C=O) groups is 1. The average Bonchev–Trinajstić information content (AvgIpc) is 2.88. The number of benzene rings is 1. The van der Waals surface area contributed by atoms with Crippen LogP contribution in [0.1, 0.15) is 5.56 Å². The van der Waals surface area contributed by atoms with E-state index in [1.54, 1.807) is 0 Å². The Labute approximate surface area is 107 Å². The van der Waals surface area contributed by atoms with Crippen molar-refractivity contribution < 1.29 is 9.53 Å². The first-order valence-electron chi connectivity index (χ1n) is 6.38. The summed E-state index contributed by atoms with van der Waals surface area (Å²) in [6.45, 7) is 5.83. The van der Waals surface area contributed by atoms with Crippen molar-refractivity contribution in [3.05, 3.63) is 48.6 Å². The highest BCUT2D eigenvalue weighted by Gasteiger charge is 2.55. The molecule has 0 aromatic heterocycles. The fourth-order valence-corrected chi connectivity index (χ4v) is 2.88. The van der Waals surface area contributed by atoms with E-state index in [0.29, 0.717) is 24.4 Å². The zero-order valence-electron chi connectivity index (χ0n) is 10.3.